The highest BCUT2D eigenvalue weighted by Crippen LogP contribution is 2.17. The zero-order chi connectivity index (χ0) is 10.8. The molecule has 3 N–H and O–H groups in total. The Labute approximate surface area is 93.2 Å². The molecule has 3 nitrogen and oxygen atoms in total. The number of unbranched alkanes of at least 4 members (excludes halogenated alkanes) is 4. The highest BCUT2D eigenvalue weighted by atomic mass is 16.4. The molecule has 3 heteroatoms. The van der Waals surface area contributed by atoms with Crippen LogP contribution in [-0.4, -0.2) is 16.6 Å². The maximum Gasteiger partial charge on any atom is 0.306 e. The van der Waals surface area contributed by atoms with E-state index in [0.29, 0.717) is 0 Å². The third-order valence-electron chi connectivity index (χ3n) is 2.66. The molecule has 0 radical (unpaired) electrons. The monoisotopic (exact) mass is 218 g/mol. The van der Waals surface area contributed by atoms with Gasteiger partial charge >= 0.3 is 5.97 Å². The van der Waals surface area contributed by atoms with Crippen molar-refractivity contribution in [1.29, 1.82) is 0 Å². The van der Waals surface area contributed by atoms with E-state index in [-0.39, 0.29) is 11.4 Å². The molecule has 15 heavy (non-hydrogen) atoms. The van der Waals surface area contributed by atoms with Gasteiger partial charge in [-0.05, 0) is 12.8 Å². The summed E-state index contributed by atoms with van der Waals surface area (Å²) in [5.41, 5.74) is 0. The van der Waals surface area contributed by atoms with Crippen LogP contribution in [0, 0.1) is 5.92 Å². The van der Waals surface area contributed by atoms with Crippen molar-refractivity contribution in [2.24, 2.45) is 5.92 Å². The molecule has 0 aromatic heterocycles. The molecule has 0 aromatic carbocycles. The largest absolute Gasteiger partial charge is 0.481 e. The summed E-state index contributed by atoms with van der Waals surface area (Å²) in [6.45, 7) is 4.29. The van der Waals surface area contributed by atoms with E-state index in [0.717, 1.165) is 38.5 Å². The molecule has 92 valence electrons. The van der Waals surface area contributed by atoms with Gasteiger partial charge in [-0.3, -0.25) is 4.79 Å². The van der Waals surface area contributed by atoms with Crippen molar-refractivity contribution in [2.75, 3.05) is 0 Å². The molecule has 0 spiro atoms. The maximum absolute atomic E-state index is 10.9. The van der Waals surface area contributed by atoms with Crippen LogP contribution in [0.4, 0.5) is 0 Å². The van der Waals surface area contributed by atoms with Crippen LogP contribution in [0.1, 0.15) is 65.2 Å². The fourth-order valence-electron chi connectivity index (χ4n) is 1.67. The van der Waals surface area contributed by atoms with Crippen LogP contribution >= 0.6 is 0 Å². The van der Waals surface area contributed by atoms with Gasteiger partial charge in [-0.2, -0.15) is 0 Å². The summed E-state index contributed by atoms with van der Waals surface area (Å²) >= 11 is 0. The Morgan fingerprint density at radius 3 is 1.67 bits per heavy atom. The van der Waals surface area contributed by atoms with E-state index < -0.39 is 5.97 Å². The van der Waals surface area contributed by atoms with Crippen molar-refractivity contribution < 1.29 is 15.4 Å². The number of hydrogen-bond donors (Lipinski definition) is 1. The number of carbonyl (C=O) groups is 1. The Hall–Kier alpha value is -0.570. The van der Waals surface area contributed by atoms with Crippen molar-refractivity contribution in [2.45, 2.75) is 65.2 Å². The minimum atomic E-state index is -0.600. The lowest BCUT2D eigenvalue weighted by molar-refractivity contribution is -0.142. The van der Waals surface area contributed by atoms with Crippen LogP contribution in [0.15, 0.2) is 0 Å². The lowest BCUT2D eigenvalue weighted by atomic mass is 9.95. The van der Waals surface area contributed by atoms with Gasteiger partial charge in [0.25, 0.3) is 0 Å². The van der Waals surface area contributed by atoms with Crippen LogP contribution in [0.25, 0.3) is 0 Å². The molecule has 0 amide bonds. The Bertz CT molecular complexity index is 136. The molecule has 0 rings (SSSR count). The summed E-state index contributed by atoms with van der Waals surface area (Å²) in [4.78, 5) is 10.9. The minimum absolute atomic E-state index is 0. The highest BCUT2D eigenvalue weighted by Gasteiger charge is 2.15. The van der Waals surface area contributed by atoms with E-state index in [9.17, 15) is 4.79 Å². The van der Waals surface area contributed by atoms with Crippen LogP contribution in [0.5, 0.6) is 0 Å². The van der Waals surface area contributed by atoms with Crippen molar-refractivity contribution in [3.8, 4) is 0 Å². The van der Waals surface area contributed by atoms with Gasteiger partial charge in [0.15, 0.2) is 0 Å². The van der Waals surface area contributed by atoms with Crippen LogP contribution in [-0.2, 0) is 4.79 Å². The average molecular weight is 218 g/mol. The van der Waals surface area contributed by atoms with E-state index >= 15 is 0 Å². The van der Waals surface area contributed by atoms with E-state index in [4.69, 9.17) is 5.11 Å². The molecule has 0 atom stereocenters. The molecule has 0 unspecified atom stereocenters. The fraction of sp³-hybridized carbons (Fsp3) is 0.917. The van der Waals surface area contributed by atoms with Crippen molar-refractivity contribution in [3.05, 3.63) is 0 Å². The molecule has 0 saturated heterocycles. The number of aliphatic carboxylic acids is 1. The summed E-state index contributed by atoms with van der Waals surface area (Å²) in [7, 11) is 0. The summed E-state index contributed by atoms with van der Waals surface area (Å²) < 4.78 is 0. The smallest absolute Gasteiger partial charge is 0.306 e. The predicted octanol–water partition coefficient (Wildman–Crippen LogP) is 3.02. The Balaban J connectivity index is 0. The van der Waals surface area contributed by atoms with Crippen LogP contribution in [0.2, 0.25) is 0 Å². The number of carboxylic acid groups (broad SMARTS) is 1. The molecule has 0 aliphatic heterocycles. The van der Waals surface area contributed by atoms with Gasteiger partial charge in [-0.1, -0.05) is 52.4 Å². The molecular formula is C12H26O3. The molecule has 0 saturated carbocycles. The summed E-state index contributed by atoms with van der Waals surface area (Å²) in [6.07, 6.45) is 8.54. The third kappa shape index (κ3) is 9.73. The maximum atomic E-state index is 10.9. The second-order valence-electron chi connectivity index (χ2n) is 4.03. The Morgan fingerprint density at radius 1 is 1.00 bits per heavy atom. The van der Waals surface area contributed by atoms with Gasteiger partial charge < -0.3 is 10.6 Å². The second-order valence-corrected chi connectivity index (χ2v) is 4.03. The molecule has 0 aliphatic carbocycles. The predicted molar refractivity (Wildman–Crippen MR) is 63.0 cm³/mol. The van der Waals surface area contributed by atoms with Crippen molar-refractivity contribution in [1.82, 2.24) is 0 Å². The van der Waals surface area contributed by atoms with Crippen LogP contribution in [0.3, 0.4) is 0 Å². The summed E-state index contributed by atoms with van der Waals surface area (Å²) in [6, 6.07) is 0. The van der Waals surface area contributed by atoms with Crippen molar-refractivity contribution in [3.63, 3.8) is 0 Å². The Morgan fingerprint density at radius 2 is 1.40 bits per heavy atom. The Kier molecular flexibility index (Phi) is 12.9. The number of carboxylic acids is 1. The van der Waals surface area contributed by atoms with Gasteiger partial charge in [0.1, 0.15) is 0 Å². The van der Waals surface area contributed by atoms with E-state index in [1.165, 1.54) is 12.8 Å². The third-order valence-corrected chi connectivity index (χ3v) is 2.66. The summed E-state index contributed by atoms with van der Waals surface area (Å²) in [5, 5.41) is 8.97. The molecular weight excluding hydrogens is 192 g/mol. The minimum Gasteiger partial charge on any atom is -0.481 e. The lowest BCUT2D eigenvalue weighted by Gasteiger charge is -2.11. The summed E-state index contributed by atoms with van der Waals surface area (Å²) in [5.74, 6) is -0.690. The van der Waals surface area contributed by atoms with E-state index in [2.05, 4.69) is 13.8 Å². The molecule has 0 aromatic rings. The standard InChI is InChI=1S/C12H24O2.H2O/c1-3-5-7-9-11(12(13)14)10-8-6-4-2;/h11H,3-10H2,1-2H3,(H,13,14);1H2. The first-order valence-electron chi connectivity index (χ1n) is 5.95. The normalized spacial score (nSPS) is 10.1. The first-order chi connectivity index (χ1) is 6.72. The van der Waals surface area contributed by atoms with Crippen molar-refractivity contribution >= 4 is 5.97 Å². The van der Waals surface area contributed by atoms with E-state index in [1.807, 2.05) is 0 Å². The number of rotatable bonds is 9. The SMILES string of the molecule is CCCCCC(CCCCC)C(=O)O.O. The van der Waals surface area contributed by atoms with E-state index in [1.54, 1.807) is 0 Å². The van der Waals surface area contributed by atoms with Gasteiger partial charge in [-0.25, -0.2) is 0 Å². The van der Waals surface area contributed by atoms with Crippen LogP contribution < -0.4 is 0 Å². The van der Waals surface area contributed by atoms with Gasteiger partial charge in [0.2, 0.25) is 0 Å². The quantitative estimate of drug-likeness (QED) is 0.604. The first-order valence-corrected chi connectivity index (χ1v) is 5.95. The lowest BCUT2D eigenvalue weighted by Crippen LogP contribution is -2.13. The second kappa shape index (κ2) is 11.5. The topological polar surface area (TPSA) is 68.8 Å². The van der Waals surface area contributed by atoms with Gasteiger partial charge in [0, 0.05) is 0 Å². The zero-order valence-electron chi connectivity index (χ0n) is 10.1. The zero-order valence-corrected chi connectivity index (χ0v) is 10.1. The average Bonchev–Trinajstić information content (AvgIpc) is 2.15. The molecule has 0 fully saturated rings. The first kappa shape index (κ1) is 16.8. The van der Waals surface area contributed by atoms with Gasteiger partial charge in [0.05, 0.1) is 5.92 Å². The highest BCUT2D eigenvalue weighted by molar-refractivity contribution is 5.69. The molecule has 0 aliphatic rings. The molecule has 0 bridgehead atoms. The number of hydrogen-bond acceptors (Lipinski definition) is 1. The fourth-order valence-corrected chi connectivity index (χ4v) is 1.67. The molecule has 0 heterocycles. The van der Waals surface area contributed by atoms with Gasteiger partial charge in [-0.15, -0.1) is 0 Å².